The third kappa shape index (κ3) is 4.05. The van der Waals surface area contributed by atoms with Crippen molar-refractivity contribution in [2.75, 3.05) is 18.4 Å². The zero-order valence-corrected chi connectivity index (χ0v) is 17.3. The molecule has 1 aliphatic heterocycles. The van der Waals surface area contributed by atoms with E-state index in [0.29, 0.717) is 42.5 Å². The molecule has 0 spiro atoms. The SMILES string of the molecule is O=C(Nc1ccc(Br)cn1)C1CCN(C(=O)c2cc3cc(Cl)ccc3[nH]2)CC1. The number of likely N-dealkylation sites (tertiary alicyclic amines) is 1. The maximum Gasteiger partial charge on any atom is 0.270 e. The number of benzene rings is 1. The second-order valence-electron chi connectivity index (χ2n) is 6.83. The normalized spacial score (nSPS) is 15.0. The molecule has 0 unspecified atom stereocenters. The van der Waals surface area contributed by atoms with Crippen molar-refractivity contribution in [1.29, 1.82) is 0 Å². The van der Waals surface area contributed by atoms with Gasteiger partial charge in [0, 0.05) is 45.6 Å². The van der Waals surface area contributed by atoms with Crippen LogP contribution in [0.25, 0.3) is 10.9 Å². The predicted molar refractivity (Wildman–Crippen MR) is 113 cm³/mol. The second kappa shape index (κ2) is 7.93. The number of H-pyrrole nitrogens is 1. The van der Waals surface area contributed by atoms with E-state index in [2.05, 4.69) is 31.2 Å². The molecule has 0 saturated carbocycles. The van der Waals surface area contributed by atoms with Crippen LogP contribution < -0.4 is 5.32 Å². The fourth-order valence-electron chi connectivity index (χ4n) is 3.41. The first-order chi connectivity index (χ1) is 13.5. The Morgan fingerprint density at radius 1 is 1.18 bits per heavy atom. The van der Waals surface area contributed by atoms with Gasteiger partial charge in [0.05, 0.1) is 0 Å². The average molecular weight is 462 g/mol. The van der Waals surface area contributed by atoms with Crippen molar-refractivity contribution in [1.82, 2.24) is 14.9 Å². The number of nitrogens with zero attached hydrogens (tertiary/aromatic N) is 2. The number of anilines is 1. The van der Waals surface area contributed by atoms with E-state index in [0.717, 1.165) is 15.4 Å². The summed E-state index contributed by atoms with van der Waals surface area (Å²) in [5.74, 6) is 0.294. The van der Waals surface area contributed by atoms with Gasteiger partial charge in [0.2, 0.25) is 5.91 Å². The Kier molecular flexibility index (Phi) is 5.37. The predicted octanol–water partition coefficient (Wildman–Crippen LogP) is 4.47. The number of carbonyl (C=O) groups is 2. The standard InChI is InChI=1S/C20H18BrClN4O2/c21-14-1-4-18(23-11-14)25-19(27)12-5-7-26(8-6-12)20(28)17-10-13-9-15(22)2-3-16(13)24-17/h1-4,9-12,24H,5-8H2,(H,23,25,27). The monoisotopic (exact) mass is 460 g/mol. The summed E-state index contributed by atoms with van der Waals surface area (Å²) in [6, 6.07) is 10.9. The molecular formula is C20H18BrClN4O2. The summed E-state index contributed by atoms with van der Waals surface area (Å²) >= 11 is 9.33. The van der Waals surface area contributed by atoms with Crippen molar-refractivity contribution in [3.63, 3.8) is 0 Å². The summed E-state index contributed by atoms with van der Waals surface area (Å²) in [6.45, 7) is 1.08. The number of halogens is 2. The first-order valence-corrected chi connectivity index (χ1v) is 10.2. The fraction of sp³-hybridized carbons (Fsp3) is 0.250. The molecular weight excluding hydrogens is 444 g/mol. The highest BCUT2D eigenvalue weighted by molar-refractivity contribution is 9.10. The highest BCUT2D eigenvalue weighted by Gasteiger charge is 2.28. The zero-order chi connectivity index (χ0) is 19.7. The quantitative estimate of drug-likeness (QED) is 0.604. The number of nitrogens with one attached hydrogen (secondary N) is 2. The Morgan fingerprint density at radius 3 is 2.68 bits per heavy atom. The number of rotatable bonds is 3. The van der Waals surface area contributed by atoms with Crippen LogP contribution in [-0.2, 0) is 4.79 Å². The van der Waals surface area contributed by atoms with Crippen LogP contribution in [-0.4, -0.2) is 39.8 Å². The molecule has 1 aliphatic rings. The number of carbonyl (C=O) groups excluding carboxylic acids is 2. The van der Waals surface area contributed by atoms with Gasteiger partial charge in [-0.3, -0.25) is 9.59 Å². The van der Waals surface area contributed by atoms with Gasteiger partial charge in [-0.05, 0) is 65.2 Å². The van der Waals surface area contributed by atoms with E-state index in [-0.39, 0.29) is 17.7 Å². The number of pyridine rings is 1. The van der Waals surface area contributed by atoms with Gasteiger partial charge in [0.1, 0.15) is 11.5 Å². The number of hydrogen-bond donors (Lipinski definition) is 2. The van der Waals surface area contributed by atoms with Crippen molar-refractivity contribution >= 4 is 56.1 Å². The number of aromatic amines is 1. The minimum atomic E-state index is -0.129. The van der Waals surface area contributed by atoms with E-state index >= 15 is 0 Å². The lowest BCUT2D eigenvalue weighted by Crippen LogP contribution is -2.41. The van der Waals surface area contributed by atoms with Crippen molar-refractivity contribution in [3.05, 3.63) is 57.8 Å². The van der Waals surface area contributed by atoms with Crippen molar-refractivity contribution in [2.45, 2.75) is 12.8 Å². The second-order valence-corrected chi connectivity index (χ2v) is 8.18. The van der Waals surface area contributed by atoms with Gasteiger partial charge < -0.3 is 15.2 Å². The van der Waals surface area contributed by atoms with E-state index in [1.165, 1.54) is 0 Å². The summed E-state index contributed by atoms with van der Waals surface area (Å²) < 4.78 is 0.858. The number of hydrogen-bond acceptors (Lipinski definition) is 3. The Labute approximate surface area is 175 Å². The molecule has 1 saturated heterocycles. The molecule has 4 rings (SSSR count). The summed E-state index contributed by atoms with van der Waals surface area (Å²) in [7, 11) is 0. The average Bonchev–Trinajstić information content (AvgIpc) is 3.12. The van der Waals surface area contributed by atoms with Gasteiger partial charge in [-0.1, -0.05) is 11.6 Å². The number of aromatic nitrogens is 2. The minimum Gasteiger partial charge on any atom is -0.351 e. The highest BCUT2D eigenvalue weighted by atomic mass is 79.9. The minimum absolute atomic E-state index is 0.0535. The number of amides is 2. The maximum absolute atomic E-state index is 12.8. The molecule has 0 radical (unpaired) electrons. The molecule has 2 aromatic heterocycles. The molecule has 1 fully saturated rings. The largest absolute Gasteiger partial charge is 0.351 e. The van der Waals surface area contributed by atoms with E-state index in [1.807, 2.05) is 24.3 Å². The molecule has 8 heteroatoms. The van der Waals surface area contributed by atoms with Crippen LogP contribution in [0.5, 0.6) is 0 Å². The smallest absolute Gasteiger partial charge is 0.270 e. The van der Waals surface area contributed by atoms with Gasteiger partial charge in [-0.15, -0.1) is 0 Å². The third-order valence-corrected chi connectivity index (χ3v) is 5.65. The fourth-order valence-corrected chi connectivity index (χ4v) is 3.83. The molecule has 0 bridgehead atoms. The van der Waals surface area contributed by atoms with Gasteiger partial charge in [-0.25, -0.2) is 4.98 Å². The van der Waals surface area contributed by atoms with Crippen LogP contribution in [0.15, 0.2) is 47.1 Å². The number of piperidine rings is 1. The topological polar surface area (TPSA) is 78.1 Å². The molecule has 6 nitrogen and oxygen atoms in total. The Hall–Kier alpha value is -2.38. The van der Waals surface area contributed by atoms with Crippen LogP contribution in [0.2, 0.25) is 5.02 Å². The molecule has 3 heterocycles. The van der Waals surface area contributed by atoms with Crippen molar-refractivity contribution in [2.24, 2.45) is 5.92 Å². The highest BCUT2D eigenvalue weighted by Crippen LogP contribution is 2.24. The van der Waals surface area contributed by atoms with Gasteiger partial charge in [-0.2, -0.15) is 0 Å². The molecule has 144 valence electrons. The third-order valence-electron chi connectivity index (χ3n) is 4.94. The molecule has 1 aromatic carbocycles. The first kappa shape index (κ1) is 19.0. The van der Waals surface area contributed by atoms with Crippen LogP contribution in [0.3, 0.4) is 0 Å². The van der Waals surface area contributed by atoms with E-state index in [9.17, 15) is 9.59 Å². The number of fused-ring (bicyclic) bond motifs is 1. The Balaban J connectivity index is 1.36. The molecule has 0 atom stereocenters. The molecule has 28 heavy (non-hydrogen) atoms. The zero-order valence-electron chi connectivity index (χ0n) is 14.9. The van der Waals surface area contributed by atoms with Crippen LogP contribution in [0.1, 0.15) is 23.3 Å². The lowest BCUT2D eigenvalue weighted by molar-refractivity contribution is -0.121. The lowest BCUT2D eigenvalue weighted by atomic mass is 9.95. The summed E-state index contributed by atoms with van der Waals surface area (Å²) in [4.78, 5) is 34.4. The van der Waals surface area contributed by atoms with Crippen molar-refractivity contribution in [3.8, 4) is 0 Å². The maximum atomic E-state index is 12.8. The molecule has 3 aromatic rings. The Morgan fingerprint density at radius 2 is 1.96 bits per heavy atom. The molecule has 2 N–H and O–H groups in total. The van der Waals surface area contributed by atoms with Crippen molar-refractivity contribution < 1.29 is 9.59 Å². The summed E-state index contributed by atoms with van der Waals surface area (Å²) in [6.07, 6.45) is 2.89. The Bertz CT molecular complexity index is 1030. The molecule has 0 aliphatic carbocycles. The van der Waals surface area contributed by atoms with Crippen LogP contribution in [0.4, 0.5) is 5.82 Å². The van der Waals surface area contributed by atoms with Crippen LogP contribution >= 0.6 is 27.5 Å². The van der Waals surface area contributed by atoms with Gasteiger partial charge in [0.15, 0.2) is 0 Å². The summed E-state index contributed by atoms with van der Waals surface area (Å²) in [5, 5.41) is 4.39. The van der Waals surface area contributed by atoms with E-state index in [1.54, 1.807) is 23.2 Å². The van der Waals surface area contributed by atoms with E-state index in [4.69, 9.17) is 11.6 Å². The van der Waals surface area contributed by atoms with E-state index < -0.39 is 0 Å². The molecule has 2 amide bonds. The van der Waals surface area contributed by atoms with Gasteiger partial charge in [0.25, 0.3) is 5.91 Å². The summed E-state index contributed by atoms with van der Waals surface area (Å²) in [5.41, 5.74) is 1.42. The van der Waals surface area contributed by atoms with Crippen LogP contribution in [0, 0.1) is 5.92 Å². The lowest BCUT2D eigenvalue weighted by Gasteiger charge is -2.31. The van der Waals surface area contributed by atoms with Gasteiger partial charge >= 0.3 is 0 Å². The first-order valence-electron chi connectivity index (χ1n) is 8.99.